The van der Waals surface area contributed by atoms with E-state index in [2.05, 4.69) is 78.6 Å². The van der Waals surface area contributed by atoms with Gasteiger partial charge in [0.15, 0.2) is 0 Å². The molecule has 0 atom stereocenters. The monoisotopic (exact) mass is 408 g/mol. The molecule has 0 fully saturated rings. The molecule has 3 aromatic carbocycles. The number of aliphatic carboxylic acids is 1. The van der Waals surface area contributed by atoms with Crippen molar-refractivity contribution in [1.29, 1.82) is 0 Å². The number of aromatic nitrogens is 2. The molecule has 0 spiro atoms. The molecule has 1 aromatic heterocycles. The first-order chi connectivity index (χ1) is 15.0. The van der Waals surface area contributed by atoms with Gasteiger partial charge in [0.25, 0.3) is 0 Å². The topological polar surface area (TPSA) is 66.0 Å². The number of rotatable bonds is 6. The van der Waals surface area contributed by atoms with E-state index in [1.54, 1.807) is 6.08 Å². The normalized spacial score (nSPS) is 12.3. The summed E-state index contributed by atoms with van der Waals surface area (Å²) in [5.41, 5.74) is 8.94. The van der Waals surface area contributed by atoms with Crippen LogP contribution in [0.3, 0.4) is 0 Å². The quantitative estimate of drug-likeness (QED) is 0.289. The summed E-state index contributed by atoms with van der Waals surface area (Å²) < 4.78 is 0. The zero-order valence-electron chi connectivity index (χ0n) is 17.6. The Kier molecular flexibility index (Phi) is 5.80. The van der Waals surface area contributed by atoms with E-state index in [9.17, 15) is 4.79 Å². The number of benzene rings is 3. The SMILES string of the molecule is CCC(=C(c1ccc(/C=C/C(=O)O)cc1)c1ccc2[nH]ncc2c1)c1cccc(C)c1. The van der Waals surface area contributed by atoms with E-state index in [4.69, 9.17) is 5.11 Å². The summed E-state index contributed by atoms with van der Waals surface area (Å²) in [6.07, 6.45) is 5.48. The van der Waals surface area contributed by atoms with Crippen molar-refractivity contribution in [3.63, 3.8) is 0 Å². The van der Waals surface area contributed by atoms with E-state index in [-0.39, 0.29) is 0 Å². The van der Waals surface area contributed by atoms with Crippen molar-refractivity contribution in [1.82, 2.24) is 10.2 Å². The number of carboxylic acid groups (broad SMARTS) is 1. The number of nitrogens with one attached hydrogen (secondary N) is 1. The molecule has 0 amide bonds. The molecule has 4 heteroatoms. The van der Waals surface area contributed by atoms with Gasteiger partial charge in [-0.25, -0.2) is 4.79 Å². The van der Waals surface area contributed by atoms with Crippen LogP contribution in [-0.4, -0.2) is 21.3 Å². The second kappa shape index (κ2) is 8.84. The van der Waals surface area contributed by atoms with Crippen LogP contribution >= 0.6 is 0 Å². The molecule has 31 heavy (non-hydrogen) atoms. The fraction of sp³-hybridized carbons (Fsp3) is 0.111. The van der Waals surface area contributed by atoms with E-state index >= 15 is 0 Å². The van der Waals surface area contributed by atoms with Gasteiger partial charge in [0.05, 0.1) is 11.7 Å². The van der Waals surface area contributed by atoms with Gasteiger partial charge >= 0.3 is 5.97 Å². The number of nitrogens with zero attached hydrogens (tertiary/aromatic N) is 1. The van der Waals surface area contributed by atoms with Crippen molar-refractivity contribution < 1.29 is 9.90 Å². The van der Waals surface area contributed by atoms with Crippen LogP contribution in [0.5, 0.6) is 0 Å². The molecule has 154 valence electrons. The van der Waals surface area contributed by atoms with Gasteiger partial charge in [0.2, 0.25) is 0 Å². The molecular formula is C27H24N2O2. The van der Waals surface area contributed by atoms with Crippen LogP contribution < -0.4 is 0 Å². The Morgan fingerprint density at radius 2 is 1.77 bits per heavy atom. The van der Waals surface area contributed by atoms with E-state index in [0.717, 1.165) is 40.1 Å². The second-order valence-electron chi connectivity index (χ2n) is 7.54. The predicted octanol–water partition coefficient (Wildman–Crippen LogP) is 6.34. The zero-order chi connectivity index (χ0) is 21.8. The van der Waals surface area contributed by atoms with Crippen LogP contribution in [0.2, 0.25) is 0 Å². The van der Waals surface area contributed by atoms with E-state index in [1.165, 1.54) is 22.3 Å². The van der Waals surface area contributed by atoms with E-state index in [0.29, 0.717) is 0 Å². The highest BCUT2D eigenvalue weighted by Crippen LogP contribution is 2.35. The summed E-state index contributed by atoms with van der Waals surface area (Å²) in [6.45, 7) is 4.29. The number of carboxylic acids is 1. The van der Waals surface area contributed by atoms with Gasteiger partial charge in [-0.1, -0.05) is 67.1 Å². The number of allylic oxidation sites excluding steroid dienone is 1. The van der Waals surface area contributed by atoms with Gasteiger partial charge in [0, 0.05) is 11.5 Å². The Labute approximate surface area is 181 Å². The molecule has 0 radical (unpaired) electrons. The largest absolute Gasteiger partial charge is 0.478 e. The molecule has 0 saturated carbocycles. The van der Waals surface area contributed by atoms with Crippen molar-refractivity contribution in [3.05, 3.63) is 107 Å². The predicted molar refractivity (Wildman–Crippen MR) is 127 cm³/mol. The fourth-order valence-corrected chi connectivity index (χ4v) is 3.90. The molecule has 0 aliphatic heterocycles. The number of carbonyl (C=O) groups is 1. The van der Waals surface area contributed by atoms with E-state index < -0.39 is 5.97 Å². The first kappa shape index (κ1) is 20.4. The molecule has 2 N–H and O–H groups in total. The van der Waals surface area contributed by atoms with Crippen molar-refractivity contribution in [3.8, 4) is 0 Å². The number of hydrogen-bond donors (Lipinski definition) is 2. The standard InChI is InChI=1S/C27H24N2O2/c1-3-24(21-6-4-5-18(2)15-21)27(22-12-13-25-23(16-22)17-28-29-25)20-10-7-19(8-11-20)9-14-26(30)31/h4-17H,3H2,1-2H3,(H,28,29)(H,30,31)/b14-9+,27-24?. The second-order valence-corrected chi connectivity index (χ2v) is 7.54. The number of hydrogen-bond acceptors (Lipinski definition) is 2. The average Bonchev–Trinajstić information content (AvgIpc) is 3.24. The van der Waals surface area contributed by atoms with Crippen molar-refractivity contribution >= 4 is 34.1 Å². The molecule has 0 saturated heterocycles. The lowest BCUT2D eigenvalue weighted by atomic mass is 9.87. The summed E-state index contributed by atoms with van der Waals surface area (Å²) in [5, 5.41) is 17.1. The Bertz CT molecular complexity index is 1290. The van der Waals surface area contributed by atoms with Crippen LogP contribution in [0.4, 0.5) is 0 Å². The smallest absolute Gasteiger partial charge is 0.328 e. The number of aryl methyl sites for hydroxylation is 1. The molecule has 4 nitrogen and oxygen atoms in total. The molecular weight excluding hydrogens is 384 g/mol. The summed E-state index contributed by atoms with van der Waals surface area (Å²) in [7, 11) is 0. The molecule has 4 rings (SSSR count). The average molecular weight is 409 g/mol. The number of fused-ring (bicyclic) bond motifs is 1. The highest BCUT2D eigenvalue weighted by molar-refractivity contribution is 6.00. The van der Waals surface area contributed by atoms with Crippen LogP contribution in [0.15, 0.2) is 79.0 Å². The highest BCUT2D eigenvalue weighted by Gasteiger charge is 2.14. The zero-order valence-corrected chi connectivity index (χ0v) is 17.6. The van der Waals surface area contributed by atoms with Crippen molar-refractivity contribution in [2.45, 2.75) is 20.3 Å². The third-order valence-corrected chi connectivity index (χ3v) is 5.37. The Balaban J connectivity index is 1.91. The minimum absolute atomic E-state index is 0.851. The molecule has 0 unspecified atom stereocenters. The fourth-order valence-electron chi connectivity index (χ4n) is 3.90. The Morgan fingerprint density at radius 3 is 2.48 bits per heavy atom. The lowest BCUT2D eigenvalue weighted by Gasteiger charge is -2.17. The van der Waals surface area contributed by atoms with Crippen LogP contribution in [0, 0.1) is 6.92 Å². The van der Waals surface area contributed by atoms with Gasteiger partial charge in [-0.3, -0.25) is 5.10 Å². The third-order valence-electron chi connectivity index (χ3n) is 5.37. The summed E-state index contributed by atoms with van der Waals surface area (Å²) in [6, 6.07) is 23.0. The molecule has 0 aliphatic rings. The maximum atomic E-state index is 10.8. The minimum atomic E-state index is -0.953. The lowest BCUT2D eigenvalue weighted by molar-refractivity contribution is -0.131. The molecule has 4 aromatic rings. The summed E-state index contributed by atoms with van der Waals surface area (Å²) >= 11 is 0. The van der Waals surface area contributed by atoms with Crippen LogP contribution in [-0.2, 0) is 4.79 Å². The third kappa shape index (κ3) is 4.48. The summed E-state index contributed by atoms with van der Waals surface area (Å²) in [4.78, 5) is 10.8. The van der Waals surface area contributed by atoms with Crippen molar-refractivity contribution in [2.24, 2.45) is 0 Å². The first-order valence-corrected chi connectivity index (χ1v) is 10.3. The van der Waals surface area contributed by atoms with E-state index in [1.807, 2.05) is 18.3 Å². The highest BCUT2D eigenvalue weighted by atomic mass is 16.4. The Hall–Kier alpha value is -3.92. The van der Waals surface area contributed by atoms with Gasteiger partial charge in [-0.2, -0.15) is 5.10 Å². The minimum Gasteiger partial charge on any atom is -0.478 e. The van der Waals surface area contributed by atoms with Crippen molar-refractivity contribution in [2.75, 3.05) is 0 Å². The number of H-pyrrole nitrogens is 1. The van der Waals surface area contributed by atoms with Crippen LogP contribution in [0.1, 0.15) is 41.2 Å². The molecule has 0 aliphatic carbocycles. The Morgan fingerprint density at radius 1 is 1.00 bits per heavy atom. The first-order valence-electron chi connectivity index (χ1n) is 10.3. The van der Waals surface area contributed by atoms with Gasteiger partial charge in [-0.05, 0) is 65.0 Å². The maximum absolute atomic E-state index is 10.8. The van der Waals surface area contributed by atoms with Crippen LogP contribution in [0.25, 0.3) is 28.1 Å². The van der Waals surface area contributed by atoms with Gasteiger partial charge in [0.1, 0.15) is 0 Å². The lowest BCUT2D eigenvalue weighted by Crippen LogP contribution is -1.96. The number of aromatic amines is 1. The summed E-state index contributed by atoms with van der Waals surface area (Å²) in [5.74, 6) is -0.953. The maximum Gasteiger partial charge on any atom is 0.328 e. The molecule has 0 bridgehead atoms. The van der Waals surface area contributed by atoms with Gasteiger partial charge < -0.3 is 5.11 Å². The van der Waals surface area contributed by atoms with Gasteiger partial charge in [-0.15, -0.1) is 0 Å². The molecule has 1 heterocycles.